The third-order valence-electron chi connectivity index (χ3n) is 5.98. The molecule has 1 aromatic heterocycles. The second kappa shape index (κ2) is 12.6. The van der Waals surface area contributed by atoms with Crippen LogP contribution in [0.1, 0.15) is 43.7 Å². The molecule has 1 aliphatic rings. The number of benzene rings is 1. The molecule has 1 aliphatic carbocycles. The number of amides is 3. The lowest BCUT2D eigenvalue weighted by Crippen LogP contribution is -2.63. The van der Waals surface area contributed by atoms with E-state index in [1.54, 1.807) is 18.5 Å². The molecule has 1 atom stereocenters. The van der Waals surface area contributed by atoms with Crippen LogP contribution in [0.25, 0.3) is 0 Å². The Bertz CT molecular complexity index is 1050. The Hall–Kier alpha value is -4.02. The van der Waals surface area contributed by atoms with E-state index >= 15 is 0 Å². The molecule has 5 N–H and O–H groups in total. The Labute approximate surface area is 209 Å². The number of rotatable bonds is 13. The van der Waals surface area contributed by atoms with Crippen molar-refractivity contribution in [1.29, 1.82) is 0 Å². The number of carboxylic acid groups (broad SMARTS) is 1. The molecule has 0 aliphatic heterocycles. The Kier molecular flexibility index (Phi) is 9.32. The number of hydrogen-bond donors (Lipinski definition) is 5. The van der Waals surface area contributed by atoms with E-state index in [1.165, 1.54) is 6.92 Å². The van der Waals surface area contributed by atoms with Crippen LogP contribution in [0.3, 0.4) is 0 Å². The first kappa shape index (κ1) is 26.6. The summed E-state index contributed by atoms with van der Waals surface area (Å²) >= 11 is 0. The number of carboxylic acids is 1. The molecule has 0 spiro atoms. The van der Waals surface area contributed by atoms with Crippen molar-refractivity contribution >= 4 is 29.6 Å². The Balaban J connectivity index is 1.61. The number of unbranched alkanes of at least 4 members (excludes halogenated alkanes) is 1. The van der Waals surface area contributed by atoms with Crippen LogP contribution >= 0.6 is 0 Å². The molecule has 2 aromatic rings. The summed E-state index contributed by atoms with van der Waals surface area (Å²) < 4.78 is 0. The van der Waals surface area contributed by atoms with Gasteiger partial charge in [0.2, 0.25) is 23.7 Å². The lowest BCUT2D eigenvalue weighted by molar-refractivity contribution is -0.139. The van der Waals surface area contributed by atoms with E-state index in [0.29, 0.717) is 38.3 Å². The molecular formula is C25H32N6O5. The zero-order chi connectivity index (χ0) is 26.0. The van der Waals surface area contributed by atoms with Crippen LogP contribution in [-0.4, -0.2) is 63.4 Å². The third kappa shape index (κ3) is 7.49. The number of nitrogens with zero attached hydrogens (tertiary/aromatic N) is 2. The molecule has 0 bridgehead atoms. The Morgan fingerprint density at radius 2 is 1.64 bits per heavy atom. The third-order valence-corrected chi connectivity index (χ3v) is 5.98. The molecule has 36 heavy (non-hydrogen) atoms. The standard InChI is InChI=1S/C25H32N6O5/c1-17(32)30-20(9-10-21(33)34)22(35)31-25(15-18-7-2-3-8-19(18)16-25)23(36)26-11-4-5-12-27-24-28-13-6-14-29-24/h2-3,6-8,13-14,20H,4-5,9-12,15-16H2,1H3,(H,26,36)(H,30,32)(H,31,35)(H,33,34)(H,27,28,29)/t20-/m1/s1. The summed E-state index contributed by atoms with van der Waals surface area (Å²) in [6.07, 6.45) is 5.03. The minimum absolute atomic E-state index is 0.0798. The van der Waals surface area contributed by atoms with Gasteiger partial charge in [-0.25, -0.2) is 9.97 Å². The Morgan fingerprint density at radius 3 is 2.25 bits per heavy atom. The second-order valence-electron chi connectivity index (χ2n) is 8.84. The molecule has 0 unspecified atom stereocenters. The molecule has 0 radical (unpaired) electrons. The monoisotopic (exact) mass is 496 g/mol. The summed E-state index contributed by atoms with van der Waals surface area (Å²) in [5, 5.41) is 20.4. The molecule has 11 heteroatoms. The zero-order valence-corrected chi connectivity index (χ0v) is 20.3. The molecular weight excluding hydrogens is 464 g/mol. The van der Waals surface area contributed by atoms with E-state index in [9.17, 15) is 19.2 Å². The Morgan fingerprint density at radius 1 is 1.00 bits per heavy atom. The van der Waals surface area contributed by atoms with Gasteiger partial charge < -0.3 is 26.4 Å². The van der Waals surface area contributed by atoms with Gasteiger partial charge in [0.15, 0.2) is 0 Å². The number of fused-ring (bicyclic) bond motifs is 1. The van der Waals surface area contributed by atoms with Gasteiger partial charge in [-0.1, -0.05) is 24.3 Å². The van der Waals surface area contributed by atoms with Gasteiger partial charge in [-0.15, -0.1) is 0 Å². The molecule has 0 fully saturated rings. The number of anilines is 1. The van der Waals surface area contributed by atoms with Crippen LogP contribution in [-0.2, 0) is 32.0 Å². The molecule has 3 rings (SSSR count). The average molecular weight is 497 g/mol. The fourth-order valence-corrected chi connectivity index (χ4v) is 4.24. The van der Waals surface area contributed by atoms with Gasteiger partial charge in [0.1, 0.15) is 11.6 Å². The van der Waals surface area contributed by atoms with Crippen molar-refractivity contribution in [2.45, 2.75) is 57.0 Å². The number of aliphatic carboxylic acids is 1. The maximum atomic E-state index is 13.4. The fourth-order valence-electron chi connectivity index (χ4n) is 4.24. The van der Waals surface area contributed by atoms with E-state index in [2.05, 4.69) is 31.2 Å². The SMILES string of the molecule is CC(=O)N[C@H](CCC(=O)O)C(=O)NC1(C(=O)NCCCCNc2ncccn2)Cc2ccccc2C1. The summed E-state index contributed by atoms with van der Waals surface area (Å²) in [5.74, 6) is -1.88. The van der Waals surface area contributed by atoms with E-state index in [4.69, 9.17) is 5.11 Å². The fraction of sp³-hybridized carbons (Fsp3) is 0.440. The smallest absolute Gasteiger partial charge is 0.303 e. The summed E-state index contributed by atoms with van der Waals surface area (Å²) in [5.41, 5.74) is 0.694. The highest BCUT2D eigenvalue weighted by Gasteiger charge is 2.45. The minimum Gasteiger partial charge on any atom is -0.481 e. The summed E-state index contributed by atoms with van der Waals surface area (Å²) in [4.78, 5) is 57.4. The topological polar surface area (TPSA) is 162 Å². The van der Waals surface area contributed by atoms with Gasteiger partial charge in [-0.2, -0.15) is 0 Å². The lowest BCUT2D eigenvalue weighted by Gasteiger charge is -2.31. The maximum absolute atomic E-state index is 13.4. The van der Waals surface area contributed by atoms with Crippen LogP contribution in [0.15, 0.2) is 42.7 Å². The van der Waals surface area contributed by atoms with Gasteiger partial charge in [0.05, 0.1) is 0 Å². The highest BCUT2D eigenvalue weighted by atomic mass is 16.4. The van der Waals surface area contributed by atoms with Gasteiger partial charge in [0.25, 0.3) is 0 Å². The first-order chi connectivity index (χ1) is 17.3. The number of nitrogens with one attached hydrogen (secondary N) is 4. The molecule has 0 saturated heterocycles. The van der Waals surface area contributed by atoms with E-state index in [0.717, 1.165) is 17.5 Å². The number of aromatic nitrogens is 2. The average Bonchev–Trinajstić information content (AvgIpc) is 3.23. The molecule has 192 valence electrons. The highest BCUT2D eigenvalue weighted by molar-refractivity contribution is 5.95. The summed E-state index contributed by atoms with van der Waals surface area (Å²) in [6, 6.07) is 8.28. The van der Waals surface area contributed by atoms with E-state index in [-0.39, 0.29) is 18.7 Å². The van der Waals surface area contributed by atoms with Crippen LogP contribution in [0.5, 0.6) is 0 Å². The summed E-state index contributed by atoms with van der Waals surface area (Å²) in [6.45, 7) is 2.32. The number of hydrogen-bond acceptors (Lipinski definition) is 7. The molecule has 1 aromatic carbocycles. The predicted octanol–water partition coefficient (Wildman–Crippen LogP) is 0.808. The normalized spacial score (nSPS) is 14.2. The summed E-state index contributed by atoms with van der Waals surface area (Å²) in [7, 11) is 0. The first-order valence-electron chi connectivity index (χ1n) is 12.0. The van der Waals surface area contributed by atoms with Crippen LogP contribution < -0.4 is 21.3 Å². The van der Waals surface area contributed by atoms with Crippen LogP contribution in [0.2, 0.25) is 0 Å². The van der Waals surface area contributed by atoms with Crippen molar-refractivity contribution in [3.8, 4) is 0 Å². The highest BCUT2D eigenvalue weighted by Crippen LogP contribution is 2.30. The zero-order valence-electron chi connectivity index (χ0n) is 20.3. The van der Waals surface area contributed by atoms with Gasteiger partial charge in [-0.3, -0.25) is 19.2 Å². The molecule has 0 saturated carbocycles. The van der Waals surface area contributed by atoms with Gasteiger partial charge in [-0.05, 0) is 36.5 Å². The number of carbonyl (C=O) groups excluding carboxylic acids is 3. The van der Waals surface area contributed by atoms with Crippen LogP contribution in [0, 0.1) is 0 Å². The van der Waals surface area contributed by atoms with Gasteiger partial charge >= 0.3 is 5.97 Å². The second-order valence-corrected chi connectivity index (χ2v) is 8.84. The molecule has 1 heterocycles. The number of carbonyl (C=O) groups is 4. The lowest BCUT2D eigenvalue weighted by atomic mass is 9.93. The van der Waals surface area contributed by atoms with Crippen molar-refractivity contribution in [1.82, 2.24) is 25.9 Å². The van der Waals surface area contributed by atoms with Crippen molar-refractivity contribution < 1.29 is 24.3 Å². The maximum Gasteiger partial charge on any atom is 0.303 e. The van der Waals surface area contributed by atoms with Crippen molar-refractivity contribution in [2.24, 2.45) is 0 Å². The molecule has 11 nitrogen and oxygen atoms in total. The van der Waals surface area contributed by atoms with Crippen molar-refractivity contribution in [3.05, 3.63) is 53.9 Å². The van der Waals surface area contributed by atoms with Crippen molar-refractivity contribution in [3.63, 3.8) is 0 Å². The van der Waals surface area contributed by atoms with Crippen LogP contribution in [0.4, 0.5) is 5.95 Å². The predicted molar refractivity (Wildman–Crippen MR) is 132 cm³/mol. The van der Waals surface area contributed by atoms with E-state index in [1.807, 2.05) is 24.3 Å². The minimum atomic E-state index is -1.23. The van der Waals surface area contributed by atoms with E-state index < -0.39 is 29.4 Å². The quantitative estimate of drug-likeness (QED) is 0.254. The molecule has 3 amide bonds. The van der Waals surface area contributed by atoms with Crippen molar-refractivity contribution in [2.75, 3.05) is 18.4 Å². The largest absolute Gasteiger partial charge is 0.481 e. The first-order valence-corrected chi connectivity index (χ1v) is 12.0. The van der Waals surface area contributed by atoms with Gasteiger partial charge in [0, 0.05) is 51.7 Å².